The van der Waals surface area contributed by atoms with Gasteiger partial charge >= 0.3 is 0 Å². The van der Waals surface area contributed by atoms with Crippen LogP contribution in [0.15, 0.2) is 62.9 Å². The zero-order valence-corrected chi connectivity index (χ0v) is 17.2. The molecule has 158 valence electrons. The van der Waals surface area contributed by atoms with E-state index in [0.717, 1.165) is 6.42 Å². The van der Waals surface area contributed by atoms with Crippen molar-refractivity contribution in [1.29, 1.82) is 0 Å². The number of likely N-dealkylation sites (tertiary alicyclic amines) is 1. The first-order valence-electron chi connectivity index (χ1n) is 9.90. The molecule has 0 bridgehead atoms. The Morgan fingerprint density at radius 1 is 1.19 bits per heavy atom. The third-order valence-corrected chi connectivity index (χ3v) is 6.94. The third-order valence-electron chi connectivity index (χ3n) is 5.61. The fourth-order valence-electron chi connectivity index (χ4n) is 4.09. The zero-order valence-electron chi connectivity index (χ0n) is 16.4. The summed E-state index contributed by atoms with van der Waals surface area (Å²) in [7, 11) is -3.71. The monoisotopic (exact) mass is 437 g/mol. The lowest BCUT2D eigenvalue weighted by atomic mass is 9.96. The summed E-state index contributed by atoms with van der Waals surface area (Å²) in [5, 5.41) is 3.27. The summed E-state index contributed by atoms with van der Waals surface area (Å²) in [6.07, 6.45) is 2.75. The van der Waals surface area contributed by atoms with Crippen LogP contribution < -0.4 is 10.9 Å². The van der Waals surface area contributed by atoms with Crippen LogP contribution in [0.2, 0.25) is 0 Å². The molecule has 31 heavy (non-hydrogen) atoms. The van der Waals surface area contributed by atoms with Gasteiger partial charge in [-0.3, -0.25) is 9.59 Å². The van der Waals surface area contributed by atoms with Gasteiger partial charge in [0.1, 0.15) is 4.90 Å². The Morgan fingerprint density at radius 2 is 2.03 bits per heavy atom. The highest BCUT2D eigenvalue weighted by Crippen LogP contribution is 2.30. The lowest BCUT2D eigenvalue weighted by Crippen LogP contribution is -2.43. The molecule has 1 amide bonds. The van der Waals surface area contributed by atoms with Crippen LogP contribution in [0.25, 0.3) is 10.9 Å². The van der Waals surface area contributed by atoms with E-state index in [-0.39, 0.29) is 22.3 Å². The molecule has 3 heterocycles. The van der Waals surface area contributed by atoms with Gasteiger partial charge in [0.05, 0.1) is 23.1 Å². The molecule has 2 N–H and O–H groups in total. The van der Waals surface area contributed by atoms with Gasteiger partial charge in [-0.2, -0.15) is 8.42 Å². The number of carbonyl (C=O) groups is 1. The molecular weight excluding hydrogens is 418 g/mol. The number of nitrogens with zero attached hydrogens (tertiary/aromatic N) is 3. The van der Waals surface area contributed by atoms with Crippen LogP contribution in [0, 0.1) is 5.92 Å². The molecule has 1 atom stereocenters. The van der Waals surface area contributed by atoms with Crippen LogP contribution in [0.5, 0.6) is 0 Å². The smallest absolute Gasteiger partial charge is 0.285 e. The molecule has 0 radical (unpaired) electrons. The molecule has 1 unspecified atom stereocenters. The Bertz CT molecular complexity index is 1400. The summed E-state index contributed by atoms with van der Waals surface area (Å²) in [4.78, 5) is 33.6. The highest BCUT2D eigenvalue weighted by atomic mass is 32.2. The number of aromatic amines is 1. The summed E-state index contributed by atoms with van der Waals surface area (Å²) in [6.45, 7) is 0.994. The molecule has 10 heteroatoms. The molecule has 2 aliphatic heterocycles. The van der Waals surface area contributed by atoms with Crippen LogP contribution >= 0.6 is 0 Å². The highest BCUT2D eigenvalue weighted by Gasteiger charge is 2.35. The lowest BCUT2D eigenvalue weighted by molar-refractivity contribution is -0.121. The number of sulfonamides is 1. The molecule has 0 saturated carbocycles. The molecule has 3 aromatic rings. The van der Waals surface area contributed by atoms with Crippen molar-refractivity contribution >= 4 is 38.4 Å². The third kappa shape index (κ3) is 3.48. The Balaban J connectivity index is 1.36. The maximum Gasteiger partial charge on any atom is 0.285 e. The molecular formula is C21H19N5O4S. The van der Waals surface area contributed by atoms with E-state index in [1.807, 2.05) is 4.90 Å². The summed E-state index contributed by atoms with van der Waals surface area (Å²) in [5.41, 5.74) is 1.36. The number of H-pyrrole nitrogens is 1. The number of hydrogen-bond donors (Lipinski definition) is 2. The van der Waals surface area contributed by atoms with Crippen molar-refractivity contribution in [3.63, 3.8) is 0 Å². The summed E-state index contributed by atoms with van der Waals surface area (Å²) >= 11 is 0. The van der Waals surface area contributed by atoms with Crippen LogP contribution in [-0.4, -0.2) is 48.1 Å². The Labute approximate surface area is 177 Å². The fourth-order valence-corrected chi connectivity index (χ4v) is 5.32. The highest BCUT2D eigenvalue weighted by molar-refractivity contribution is 7.90. The Hall–Kier alpha value is -3.53. The number of rotatable bonds is 2. The molecule has 2 aliphatic rings. The van der Waals surface area contributed by atoms with Gasteiger partial charge in [-0.1, -0.05) is 12.1 Å². The maximum absolute atomic E-state index is 12.9. The second-order valence-corrected chi connectivity index (χ2v) is 9.20. The number of nitrogens with one attached hydrogen (secondary N) is 2. The number of carbonyl (C=O) groups excluding carboxylic acids is 1. The van der Waals surface area contributed by atoms with Crippen molar-refractivity contribution in [2.75, 3.05) is 18.4 Å². The van der Waals surface area contributed by atoms with E-state index < -0.39 is 10.0 Å². The minimum Gasteiger partial charge on any atom is -0.355 e. The van der Waals surface area contributed by atoms with E-state index in [1.165, 1.54) is 6.33 Å². The zero-order chi connectivity index (χ0) is 21.6. The number of anilines is 1. The van der Waals surface area contributed by atoms with Crippen molar-refractivity contribution in [1.82, 2.24) is 14.9 Å². The van der Waals surface area contributed by atoms with Gasteiger partial charge in [-0.05, 0) is 43.2 Å². The van der Waals surface area contributed by atoms with E-state index in [0.29, 0.717) is 47.5 Å². The number of piperidine rings is 1. The normalized spacial score (nSPS) is 19.7. The van der Waals surface area contributed by atoms with Crippen LogP contribution in [0.1, 0.15) is 18.4 Å². The fraction of sp³-hybridized carbons (Fsp3) is 0.238. The first-order valence-corrected chi connectivity index (χ1v) is 11.3. The van der Waals surface area contributed by atoms with E-state index in [4.69, 9.17) is 0 Å². The van der Waals surface area contributed by atoms with Gasteiger partial charge in [0.2, 0.25) is 5.91 Å². The summed E-state index contributed by atoms with van der Waals surface area (Å²) in [6, 6.07) is 11.7. The average Bonchev–Trinajstić information content (AvgIpc) is 3.06. The van der Waals surface area contributed by atoms with Gasteiger partial charge in [-0.25, -0.2) is 4.98 Å². The van der Waals surface area contributed by atoms with Gasteiger partial charge < -0.3 is 15.2 Å². The van der Waals surface area contributed by atoms with Crippen LogP contribution in [-0.2, 0) is 14.8 Å². The maximum atomic E-state index is 12.9. The molecule has 0 spiro atoms. The van der Waals surface area contributed by atoms with E-state index in [9.17, 15) is 18.0 Å². The van der Waals surface area contributed by atoms with Crippen molar-refractivity contribution in [3.05, 3.63) is 64.7 Å². The molecule has 9 nitrogen and oxygen atoms in total. The quantitative estimate of drug-likeness (QED) is 0.629. The summed E-state index contributed by atoms with van der Waals surface area (Å²) < 4.78 is 28.7. The number of fused-ring (bicyclic) bond motifs is 2. The van der Waals surface area contributed by atoms with Crippen molar-refractivity contribution in [2.24, 2.45) is 10.3 Å². The minimum absolute atomic E-state index is 0.181. The standard InChI is InChI=1S/C21H19N5O4S/c27-20(24-14-7-8-17-16(10-14)21(28)23-12-22-17)13-4-3-9-26(11-13)19-15-5-1-2-6-18(15)31(29,30)25-19/h1-2,5-8,10,12-13H,3-4,9,11H2,(H,24,27)(H,22,23,28). The Morgan fingerprint density at radius 3 is 2.90 bits per heavy atom. The van der Waals surface area contributed by atoms with Crippen LogP contribution in [0.3, 0.4) is 0 Å². The predicted molar refractivity (Wildman–Crippen MR) is 115 cm³/mol. The number of aromatic nitrogens is 2. The van der Waals surface area contributed by atoms with Crippen molar-refractivity contribution < 1.29 is 13.2 Å². The second-order valence-electron chi connectivity index (χ2n) is 7.62. The minimum atomic E-state index is -3.71. The number of benzene rings is 2. The van der Waals surface area contributed by atoms with Crippen molar-refractivity contribution in [3.8, 4) is 0 Å². The molecule has 2 aromatic carbocycles. The lowest BCUT2D eigenvalue weighted by Gasteiger charge is -2.33. The summed E-state index contributed by atoms with van der Waals surface area (Å²) in [5.74, 6) is -0.120. The van der Waals surface area contributed by atoms with Gasteiger partial charge in [-0.15, -0.1) is 4.40 Å². The van der Waals surface area contributed by atoms with E-state index in [1.54, 1.807) is 42.5 Å². The van der Waals surface area contributed by atoms with E-state index in [2.05, 4.69) is 19.7 Å². The van der Waals surface area contributed by atoms with Gasteiger partial charge in [0, 0.05) is 24.3 Å². The molecule has 0 aliphatic carbocycles. The number of amidine groups is 1. The van der Waals surface area contributed by atoms with E-state index >= 15 is 0 Å². The second kappa shape index (κ2) is 7.31. The molecule has 1 fully saturated rings. The topological polar surface area (TPSA) is 125 Å². The number of hydrogen-bond acceptors (Lipinski definition) is 6. The first-order chi connectivity index (χ1) is 14.9. The van der Waals surface area contributed by atoms with Crippen LogP contribution in [0.4, 0.5) is 5.69 Å². The molecule has 1 aromatic heterocycles. The van der Waals surface area contributed by atoms with Crippen molar-refractivity contribution in [2.45, 2.75) is 17.7 Å². The largest absolute Gasteiger partial charge is 0.355 e. The predicted octanol–water partition coefficient (Wildman–Crippen LogP) is 1.72. The SMILES string of the molecule is O=C(Nc1ccc2nc[nH]c(=O)c2c1)C1CCCN(C2=NS(=O)(=O)c3ccccc32)C1. The van der Waals surface area contributed by atoms with Gasteiger partial charge in [0.25, 0.3) is 15.6 Å². The Kier molecular flexibility index (Phi) is 4.58. The first kappa shape index (κ1) is 19.4. The molecule has 1 saturated heterocycles. The number of amides is 1. The molecule has 5 rings (SSSR count). The average molecular weight is 437 g/mol. The van der Waals surface area contributed by atoms with Gasteiger partial charge in [0.15, 0.2) is 5.84 Å².